The zero-order valence-electron chi connectivity index (χ0n) is 16.5. The lowest BCUT2D eigenvalue weighted by atomic mass is 10.2. The second-order valence-electron chi connectivity index (χ2n) is 6.83. The molecule has 0 saturated heterocycles. The molecule has 0 radical (unpaired) electrons. The molecule has 0 aliphatic carbocycles. The summed E-state index contributed by atoms with van der Waals surface area (Å²) in [6.07, 6.45) is 0. The van der Waals surface area contributed by atoms with Gasteiger partial charge < -0.3 is 19.7 Å². The minimum absolute atomic E-state index is 0.0177. The SMILES string of the molecule is CCN(Cc1ccc2c(c1)OCO2)C(=O)CN(C)CC(=O)Nc1cccc(F)c1. The maximum Gasteiger partial charge on any atom is 0.238 e. The number of nitrogens with one attached hydrogen (secondary N) is 1. The summed E-state index contributed by atoms with van der Waals surface area (Å²) in [7, 11) is 1.69. The highest BCUT2D eigenvalue weighted by Crippen LogP contribution is 2.32. The first kappa shape index (κ1) is 20.6. The number of fused-ring (bicyclic) bond motifs is 1. The summed E-state index contributed by atoms with van der Waals surface area (Å²) in [5, 5.41) is 2.62. The van der Waals surface area contributed by atoms with Crippen molar-refractivity contribution in [2.45, 2.75) is 13.5 Å². The van der Waals surface area contributed by atoms with Gasteiger partial charge in [-0.15, -0.1) is 0 Å². The second kappa shape index (κ2) is 9.38. The van der Waals surface area contributed by atoms with Gasteiger partial charge in [-0.1, -0.05) is 12.1 Å². The number of rotatable bonds is 8. The van der Waals surface area contributed by atoms with Crippen LogP contribution in [0.2, 0.25) is 0 Å². The third-order valence-electron chi connectivity index (χ3n) is 4.47. The monoisotopic (exact) mass is 401 g/mol. The summed E-state index contributed by atoms with van der Waals surface area (Å²) in [5.41, 5.74) is 1.32. The van der Waals surface area contributed by atoms with Crippen molar-refractivity contribution in [3.8, 4) is 11.5 Å². The fourth-order valence-corrected chi connectivity index (χ4v) is 3.03. The van der Waals surface area contributed by atoms with Crippen LogP contribution >= 0.6 is 0 Å². The van der Waals surface area contributed by atoms with Crippen LogP contribution in [0.15, 0.2) is 42.5 Å². The Morgan fingerprint density at radius 2 is 1.90 bits per heavy atom. The molecule has 2 aromatic carbocycles. The highest BCUT2D eigenvalue weighted by Gasteiger charge is 2.18. The van der Waals surface area contributed by atoms with Crippen LogP contribution in [0.4, 0.5) is 10.1 Å². The highest BCUT2D eigenvalue weighted by atomic mass is 19.1. The maximum absolute atomic E-state index is 13.2. The molecule has 0 fully saturated rings. The first-order valence-electron chi connectivity index (χ1n) is 9.35. The van der Waals surface area contributed by atoms with Crippen LogP contribution in [0.25, 0.3) is 0 Å². The Balaban J connectivity index is 1.51. The van der Waals surface area contributed by atoms with E-state index in [1.165, 1.54) is 18.2 Å². The zero-order chi connectivity index (χ0) is 20.8. The summed E-state index contributed by atoms with van der Waals surface area (Å²) in [5.74, 6) is 0.550. The van der Waals surface area contributed by atoms with Gasteiger partial charge in [0.05, 0.1) is 13.1 Å². The van der Waals surface area contributed by atoms with E-state index in [1.807, 2.05) is 25.1 Å². The van der Waals surface area contributed by atoms with Gasteiger partial charge in [0.25, 0.3) is 0 Å². The number of hydrogen-bond acceptors (Lipinski definition) is 5. The Hall–Kier alpha value is -3.13. The molecule has 0 aromatic heterocycles. The Morgan fingerprint density at radius 3 is 2.66 bits per heavy atom. The van der Waals surface area contributed by atoms with E-state index >= 15 is 0 Å². The van der Waals surface area contributed by atoms with Gasteiger partial charge in [-0.25, -0.2) is 4.39 Å². The molecule has 0 atom stereocenters. The summed E-state index contributed by atoms with van der Waals surface area (Å²) < 4.78 is 23.9. The maximum atomic E-state index is 13.2. The highest BCUT2D eigenvalue weighted by molar-refractivity contribution is 5.92. The average Bonchev–Trinajstić information content (AvgIpc) is 3.13. The predicted octanol–water partition coefficient (Wildman–Crippen LogP) is 2.47. The van der Waals surface area contributed by atoms with Gasteiger partial charge in [0.2, 0.25) is 18.6 Å². The van der Waals surface area contributed by atoms with Crippen LogP contribution in [0.3, 0.4) is 0 Å². The molecule has 8 heteroatoms. The lowest BCUT2D eigenvalue weighted by molar-refractivity contribution is -0.132. The molecular formula is C21H24FN3O4. The molecule has 1 N–H and O–H groups in total. The van der Waals surface area contributed by atoms with Crippen LogP contribution in [-0.4, -0.2) is 55.1 Å². The smallest absolute Gasteiger partial charge is 0.238 e. The van der Waals surface area contributed by atoms with Crippen molar-refractivity contribution in [1.29, 1.82) is 0 Å². The van der Waals surface area contributed by atoms with E-state index < -0.39 is 5.82 Å². The number of ether oxygens (including phenoxy) is 2. The van der Waals surface area contributed by atoms with Crippen LogP contribution in [0.1, 0.15) is 12.5 Å². The molecule has 29 heavy (non-hydrogen) atoms. The molecule has 1 aliphatic rings. The Morgan fingerprint density at radius 1 is 1.10 bits per heavy atom. The summed E-state index contributed by atoms with van der Waals surface area (Å²) >= 11 is 0. The minimum atomic E-state index is -0.423. The van der Waals surface area contributed by atoms with Gasteiger partial charge >= 0.3 is 0 Å². The van der Waals surface area contributed by atoms with E-state index in [4.69, 9.17) is 9.47 Å². The molecule has 7 nitrogen and oxygen atoms in total. The minimum Gasteiger partial charge on any atom is -0.454 e. The van der Waals surface area contributed by atoms with Crippen molar-refractivity contribution in [2.24, 2.45) is 0 Å². The summed E-state index contributed by atoms with van der Waals surface area (Å²) in [6.45, 7) is 3.20. The van der Waals surface area contributed by atoms with Gasteiger partial charge in [0.15, 0.2) is 11.5 Å². The van der Waals surface area contributed by atoms with E-state index in [1.54, 1.807) is 22.9 Å². The first-order chi connectivity index (χ1) is 13.9. The number of likely N-dealkylation sites (N-methyl/N-ethyl adjacent to an activating group) is 2. The van der Waals surface area contributed by atoms with Crippen molar-refractivity contribution in [3.05, 3.63) is 53.8 Å². The fourth-order valence-electron chi connectivity index (χ4n) is 3.03. The molecule has 3 rings (SSSR count). The van der Waals surface area contributed by atoms with Crippen molar-refractivity contribution < 1.29 is 23.5 Å². The summed E-state index contributed by atoms with van der Waals surface area (Å²) in [6, 6.07) is 11.3. The Bertz CT molecular complexity index is 890. The van der Waals surface area contributed by atoms with E-state index in [9.17, 15) is 14.0 Å². The van der Waals surface area contributed by atoms with Gasteiger partial charge in [-0.3, -0.25) is 14.5 Å². The van der Waals surface area contributed by atoms with E-state index in [0.29, 0.717) is 30.3 Å². The van der Waals surface area contributed by atoms with Crippen LogP contribution in [0.5, 0.6) is 11.5 Å². The van der Waals surface area contributed by atoms with Crippen LogP contribution in [0, 0.1) is 5.82 Å². The molecule has 0 unspecified atom stereocenters. The number of carbonyl (C=O) groups is 2. The fraction of sp³-hybridized carbons (Fsp3) is 0.333. The number of hydrogen-bond donors (Lipinski definition) is 1. The van der Waals surface area contributed by atoms with Gasteiger partial charge in [-0.05, 0) is 49.9 Å². The quantitative estimate of drug-likeness (QED) is 0.736. The largest absolute Gasteiger partial charge is 0.454 e. The van der Waals surface area contributed by atoms with Gasteiger partial charge in [0, 0.05) is 18.8 Å². The van der Waals surface area contributed by atoms with E-state index in [2.05, 4.69) is 5.32 Å². The first-order valence-corrected chi connectivity index (χ1v) is 9.35. The molecule has 0 bridgehead atoms. The number of nitrogens with zero attached hydrogens (tertiary/aromatic N) is 2. The topological polar surface area (TPSA) is 71.1 Å². The predicted molar refractivity (Wildman–Crippen MR) is 106 cm³/mol. The van der Waals surface area contributed by atoms with Crippen molar-refractivity contribution in [1.82, 2.24) is 9.80 Å². The molecule has 154 valence electrons. The summed E-state index contributed by atoms with van der Waals surface area (Å²) in [4.78, 5) is 28.1. The average molecular weight is 401 g/mol. The van der Waals surface area contributed by atoms with Crippen LogP contribution < -0.4 is 14.8 Å². The van der Waals surface area contributed by atoms with Gasteiger partial charge in [0.1, 0.15) is 5.82 Å². The number of benzene rings is 2. The number of carbonyl (C=O) groups excluding carboxylic acids is 2. The molecule has 0 spiro atoms. The molecule has 2 aromatic rings. The number of halogens is 1. The van der Waals surface area contributed by atoms with Crippen molar-refractivity contribution >= 4 is 17.5 Å². The van der Waals surface area contributed by atoms with Gasteiger partial charge in [-0.2, -0.15) is 0 Å². The number of amides is 2. The van der Waals surface area contributed by atoms with Crippen LogP contribution in [-0.2, 0) is 16.1 Å². The molecule has 1 aliphatic heterocycles. The molecule has 0 saturated carbocycles. The van der Waals surface area contributed by atoms with Crippen molar-refractivity contribution in [2.75, 3.05) is 38.8 Å². The van der Waals surface area contributed by atoms with E-state index in [-0.39, 0.29) is 31.7 Å². The standard InChI is InChI=1S/C21H24FN3O4/c1-3-25(11-15-7-8-18-19(9-15)29-14-28-18)21(27)13-24(2)12-20(26)23-17-6-4-5-16(22)10-17/h4-10H,3,11-14H2,1-2H3,(H,23,26). The van der Waals surface area contributed by atoms with Crippen molar-refractivity contribution in [3.63, 3.8) is 0 Å². The third kappa shape index (κ3) is 5.68. The second-order valence-corrected chi connectivity index (χ2v) is 6.83. The van der Waals surface area contributed by atoms with E-state index in [0.717, 1.165) is 5.56 Å². The Kier molecular flexibility index (Phi) is 6.66. The third-order valence-corrected chi connectivity index (χ3v) is 4.47. The normalized spacial score (nSPS) is 12.1. The lowest BCUT2D eigenvalue weighted by Crippen LogP contribution is -2.41. The molecular weight excluding hydrogens is 377 g/mol. The molecule has 2 amide bonds. The Labute approximate surface area is 169 Å². The lowest BCUT2D eigenvalue weighted by Gasteiger charge is -2.24. The zero-order valence-corrected chi connectivity index (χ0v) is 16.5. The number of anilines is 1. The molecule has 1 heterocycles.